The molecule has 32 heavy (non-hydrogen) atoms. The molecule has 0 atom stereocenters. The molecule has 2 saturated heterocycles. The van der Waals surface area contributed by atoms with Crippen LogP contribution < -0.4 is 15.5 Å². The summed E-state index contributed by atoms with van der Waals surface area (Å²) >= 11 is 0. The maximum Gasteiger partial charge on any atom is 0.191 e. The molecule has 2 heterocycles. The fraction of sp³-hybridized carbons (Fsp3) is 0.480. The Morgan fingerprint density at radius 3 is 2.47 bits per heavy atom. The van der Waals surface area contributed by atoms with Gasteiger partial charge in [0, 0.05) is 52.4 Å². The first-order valence-corrected chi connectivity index (χ1v) is 11.6. The first-order valence-electron chi connectivity index (χ1n) is 11.6. The molecule has 0 aliphatic carbocycles. The second kappa shape index (κ2) is 11.3. The fourth-order valence-electron chi connectivity index (χ4n) is 4.37. The van der Waals surface area contributed by atoms with E-state index in [2.05, 4.69) is 50.9 Å². The lowest BCUT2D eigenvalue weighted by Crippen LogP contribution is -2.48. The van der Waals surface area contributed by atoms with Crippen molar-refractivity contribution in [3.05, 3.63) is 65.5 Å². The molecule has 2 aromatic rings. The molecule has 2 aliphatic rings. The summed E-state index contributed by atoms with van der Waals surface area (Å²) in [4.78, 5) is 8.91. The molecule has 0 unspecified atom stereocenters. The number of hydrogen-bond acceptors (Lipinski definition) is 4. The number of hydrogen-bond donors (Lipinski definition) is 2. The first kappa shape index (κ1) is 22.6. The van der Waals surface area contributed by atoms with E-state index in [1.807, 2.05) is 17.0 Å². The van der Waals surface area contributed by atoms with Crippen molar-refractivity contribution in [2.75, 3.05) is 51.3 Å². The molecular weight excluding hydrogens is 405 g/mol. The van der Waals surface area contributed by atoms with Crippen molar-refractivity contribution in [3.8, 4) is 0 Å². The molecule has 6 nitrogen and oxygen atoms in total. The van der Waals surface area contributed by atoms with Gasteiger partial charge in [-0.05, 0) is 36.1 Å². The average molecular weight is 440 g/mol. The standard InChI is InChI=1S/C25H34FN5O/c1-27-25(29-22-9-11-30(12-10-22)19-20-5-3-2-4-6-20)28-18-21-7-8-24(23(26)17-21)31-13-15-32-16-14-31/h2-8,17,22H,9-16,18-19H2,1H3,(H2,27,28,29). The summed E-state index contributed by atoms with van der Waals surface area (Å²) in [5.41, 5.74) is 2.92. The van der Waals surface area contributed by atoms with E-state index in [1.54, 1.807) is 13.1 Å². The van der Waals surface area contributed by atoms with Crippen LogP contribution in [0.2, 0.25) is 0 Å². The van der Waals surface area contributed by atoms with Crippen LogP contribution in [0.5, 0.6) is 0 Å². The second-order valence-corrected chi connectivity index (χ2v) is 8.49. The Hall–Kier alpha value is -2.64. The van der Waals surface area contributed by atoms with Crippen LogP contribution in [0.25, 0.3) is 0 Å². The molecule has 4 rings (SSSR count). The van der Waals surface area contributed by atoms with Crippen molar-refractivity contribution < 1.29 is 9.13 Å². The van der Waals surface area contributed by atoms with Crippen LogP contribution in [0.1, 0.15) is 24.0 Å². The fourth-order valence-corrected chi connectivity index (χ4v) is 4.37. The molecule has 0 spiro atoms. The number of aliphatic imine (C=N–C) groups is 1. The highest BCUT2D eigenvalue weighted by Crippen LogP contribution is 2.21. The van der Waals surface area contributed by atoms with Gasteiger partial charge in [0.1, 0.15) is 5.82 Å². The number of nitrogens with zero attached hydrogens (tertiary/aromatic N) is 3. The molecule has 0 aromatic heterocycles. The summed E-state index contributed by atoms with van der Waals surface area (Å²) in [7, 11) is 1.78. The lowest BCUT2D eigenvalue weighted by atomic mass is 10.0. The lowest BCUT2D eigenvalue weighted by Gasteiger charge is -2.33. The molecular formula is C25H34FN5O. The van der Waals surface area contributed by atoms with E-state index < -0.39 is 0 Å². The van der Waals surface area contributed by atoms with E-state index in [0.717, 1.165) is 57.1 Å². The minimum absolute atomic E-state index is 0.181. The molecule has 0 radical (unpaired) electrons. The van der Waals surface area contributed by atoms with Crippen LogP contribution in [0.3, 0.4) is 0 Å². The van der Waals surface area contributed by atoms with Gasteiger partial charge < -0.3 is 20.3 Å². The maximum atomic E-state index is 14.6. The zero-order valence-corrected chi connectivity index (χ0v) is 18.9. The van der Waals surface area contributed by atoms with Crippen molar-refractivity contribution in [1.82, 2.24) is 15.5 Å². The minimum Gasteiger partial charge on any atom is -0.378 e. The molecule has 0 saturated carbocycles. The minimum atomic E-state index is -0.181. The molecule has 2 aromatic carbocycles. The highest BCUT2D eigenvalue weighted by Gasteiger charge is 2.20. The molecule has 172 valence electrons. The Labute approximate surface area is 190 Å². The largest absolute Gasteiger partial charge is 0.378 e. The summed E-state index contributed by atoms with van der Waals surface area (Å²) in [6.07, 6.45) is 2.16. The normalized spacial score (nSPS) is 18.6. The summed E-state index contributed by atoms with van der Waals surface area (Å²) in [5.74, 6) is 0.587. The Morgan fingerprint density at radius 1 is 1.03 bits per heavy atom. The topological polar surface area (TPSA) is 52.1 Å². The predicted molar refractivity (Wildman–Crippen MR) is 128 cm³/mol. The molecule has 0 bridgehead atoms. The van der Waals surface area contributed by atoms with Gasteiger partial charge in [-0.1, -0.05) is 36.4 Å². The zero-order chi connectivity index (χ0) is 22.2. The molecule has 2 fully saturated rings. The van der Waals surface area contributed by atoms with Crippen molar-refractivity contribution in [2.24, 2.45) is 4.99 Å². The van der Waals surface area contributed by atoms with Crippen molar-refractivity contribution >= 4 is 11.6 Å². The van der Waals surface area contributed by atoms with Gasteiger partial charge in [-0.15, -0.1) is 0 Å². The van der Waals surface area contributed by atoms with Crippen LogP contribution in [-0.4, -0.2) is 63.3 Å². The van der Waals surface area contributed by atoms with Crippen LogP contribution in [0.4, 0.5) is 10.1 Å². The molecule has 2 aliphatic heterocycles. The molecule has 2 N–H and O–H groups in total. The van der Waals surface area contributed by atoms with Crippen LogP contribution >= 0.6 is 0 Å². The number of rotatable bonds is 6. The van der Waals surface area contributed by atoms with Crippen molar-refractivity contribution in [3.63, 3.8) is 0 Å². The Bertz CT molecular complexity index is 877. The number of benzene rings is 2. The highest BCUT2D eigenvalue weighted by molar-refractivity contribution is 5.80. The summed E-state index contributed by atoms with van der Waals surface area (Å²) in [6.45, 7) is 6.44. The van der Waals surface area contributed by atoms with Crippen LogP contribution in [-0.2, 0) is 17.8 Å². The lowest BCUT2D eigenvalue weighted by molar-refractivity contribution is 0.122. The van der Waals surface area contributed by atoms with Gasteiger partial charge in [0.2, 0.25) is 0 Å². The van der Waals surface area contributed by atoms with E-state index in [9.17, 15) is 4.39 Å². The zero-order valence-electron chi connectivity index (χ0n) is 18.9. The third-order valence-corrected chi connectivity index (χ3v) is 6.22. The molecule has 0 amide bonds. The average Bonchev–Trinajstić information content (AvgIpc) is 2.84. The Morgan fingerprint density at radius 2 is 1.78 bits per heavy atom. The number of nitrogens with one attached hydrogen (secondary N) is 2. The Kier molecular flexibility index (Phi) is 7.96. The molecule has 7 heteroatoms. The van der Waals surface area contributed by atoms with Gasteiger partial charge in [0.25, 0.3) is 0 Å². The third kappa shape index (κ3) is 6.20. The van der Waals surface area contributed by atoms with Crippen LogP contribution in [0, 0.1) is 5.82 Å². The van der Waals surface area contributed by atoms with E-state index >= 15 is 0 Å². The number of piperidine rings is 1. The summed E-state index contributed by atoms with van der Waals surface area (Å²) in [6, 6.07) is 16.5. The van der Waals surface area contributed by atoms with Gasteiger partial charge in [0.15, 0.2) is 5.96 Å². The maximum absolute atomic E-state index is 14.6. The predicted octanol–water partition coefficient (Wildman–Crippen LogP) is 2.99. The first-order chi connectivity index (χ1) is 15.7. The van der Waals surface area contributed by atoms with Gasteiger partial charge in [0.05, 0.1) is 18.9 Å². The van der Waals surface area contributed by atoms with Gasteiger partial charge in [-0.25, -0.2) is 4.39 Å². The number of ether oxygens (including phenoxy) is 1. The second-order valence-electron chi connectivity index (χ2n) is 8.49. The van der Waals surface area contributed by atoms with Gasteiger partial charge in [-0.2, -0.15) is 0 Å². The number of likely N-dealkylation sites (tertiary alicyclic amines) is 1. The van der Waals surface area contributed by atoms with E-state index in [-0.39, 0.29) is 5.82 Å². The Balaban J connectivity index is 1.22. The monoisotopic (exact) mass is 439 g/mol. The van der Waals surface area contributed by atoms with E-state index in [4.69, 9.17) is 4.74 Å². The van der Waals surface area contributed by atoms with Crippen molar-refractivity contribution in [1.29, 1.82) is 0 Å². The van der Waals surface area contributed by atoms with Crippen LogP contribution in [0.15, 0.2) is 53.5 Å². The number of halogens is 1. The number of guanidine groups is 1. The SMILES string of the molecule is CN=C(NCc1ccc(N2CCOCC2)c(F)c1)NC1CCN(Cc2ccccc2)CC1. The summed E-state index contributed by atoms with van der Waals surface area (Å²) in [5, 5.41) is 6.87. The highest BCUT2D eigenvalue weighted by atomic mass is 19.1. The third-order valence-electron chi connectivity index (χ3n) is 6.22. The van der Waals surface area contributed by atoms with Crippen molar-refractivity contribution in [2.45, 2.75) is 32.0 Å². The summed E-state index contributed by atoms with van der Waals surface area (Å²) < 4.78 is 20.0. The van der Waals surface area contributed by atoms with E-state index in [0.29, 0.717) is 31.5 Å². The number of morpholine rings is 1. The van der Waals surface area contributed by atoms with Gasteiger partial charge >= 0.3 is 0 Å². The smallest absolute Gasteiger partial charge is 0.191 e. The number of anilines is 1. The quantitative estimate of drug-likeness (QED) is 0.535. The van der Waals surface area contributed by atoms with E-state index in [1.165, 1.54) is 5.56 Å². The van der Waals surface area contributed by atoms with Gasteiger partial charge in [-0.3, -0.25) is 9.89 Å².